The molecule has 46 heavy (non-hydrogen) atoms. The molecule has 0 unspecified atom stereocenters. The maximum Gasteiger partial charge on any atom is 0.340 e. The Morgan fingerprint density at radius 1 is 1.02 bits per heavy atom. The fourth-order valence-corrected chi connectivity index (χ4v) is 11.9. The van der Waals surface area contributed by atoms with Gasteiger partial charge in [0.25, 0.3) is 0 Å². The molecule has 1 aromatic rings. The van der Waals surface area contributed by atoms with Gasteiger partial charge < -0.3 is 33.9 Å². The fraction of sp³-hybridized carbons (Fsp3) is 0.706. The van der Waals surface area contributed by atoms with Crippen molar-refractivity contribution in [3.63, 3.8) is 0 Å². The highest BCUT2D eigenvalue weighted by molar-refractivity contribution is 6.21. The van der Waals surface area contributed by atoms with Crippen molar-refractivity contribution in [3.05, 3.63) is 29.8 Å². The lowest BCUT2D eigenvalue weighted by Crippen LogP contribution is -2.77. The topological polar surface area (TPSA) is 153 Å². The van der Waals surface area contributed by atoms with Crippen LogP contribution in [-0.2, 0) is 33.3 Å². The first-order valence-corrected chi connectivity index (χ1v) is 16.3. The number of hydrogen-bond donors (Lipinski definition) is 2. The summed E-state index contributed by atoms with van der Waals surface area (Å²) in [7, 11) is 6.54. The molecule has 5 saturated carbocycles. The van der Waals surface area contributed by atoms with Crippen molar-refractivity contribution in [2.24, 2.45) is 39.5 Å². The molecular weight excluding hydrogens is 596 g/mol. The second kappa shape index (κ2) is 10.1. The number of imide groups is 1. The number of aliphatic imine (C=N–C) groups is 1. The molecule has 13 atom stereocenters. The van der Waals surface area contributed by atoms with Gasteiger partial charge in [-0.25, -0.2) is 9.69 Å². The van der Waals surface area contributed by atoms with Gasteiger partial charge in [0.2, 0.25) is 11.8 Å². The van der Waals surface area contributed by atoms with Crippen molar-refractivity contribution in [2.75, 3.05) is 39.9 Å². The van der Waals surface area contributed by atoms with Crippen LogP contribution in [0.2, 0.25) is 0 Å². The zero-order chi connectivity index (χ0) is 32.4. The van der Waals surface area contributed by atoms with Crippen LogP contribution in [0.15, 0.2) is 29.3 Å². The smallest absolute Gasteiger partial charge is 0.340 e. The lowest BCUT2D eigenvalue weighted by atomic mass is 9.44. The molecule has 7 aliphatic rings. The molecule has 12 nitrogen and oxygen atoms in total. The number of carbonyl (C=O) groups excluding carboxylic acids is 3. The Bertz CT molecular complexity index is 1500. The summed E-state index contributed by atoms with van der Waals surface area (Å²) in [6, 6.07) is 5.76. The van der Waals surface area contributed by atoms with Crippen LogP contribution in [0.3, 0.4) is 0 Å². The van der Waals surface area contributed by atoms with E-state index < -0.39 is 52.0 Å². The highest BCUT2D eigenvalue weighted by Gasteiger charge is 2.90. The number of nitrogens with zero attached hydrogens (tertiary/aromatic N) is 2. The highest BCUT2D eigenvalue weighted by Crippen LogP contribution is 2.79. The summed E-state index contributed by atoms with van der Waals surface area (Å²) in [5.74, 6) is -2.29. The molecule has 12 heteroatoms. The summed E-state index contributed by atoms with van der Waals surface area (Å²) >= 11 is 0. The Hall–Kier alpha value is -2.74. The maximum atomic E-state index is 13.8. The van der Waals surface area contributed by atoms with E-state index >= 15 is 0 Å². The summed E-state index contributed by atoms with van der Waals surface area (Å²) in [6.07, 6.45) is 2.33. The van der Waals surface area contributed by atoms with Crippen molar-refractivity contribution in [3.8, 4) is 0 Å². The molecule has 2 N–H and O–H groups in total. The number of ether oxygens (including phenoxy) is 5. The molecule has 7 bridgehead atoms. The van der Waals surface area contributed by atoms with Gasteiger partial charge in [-0.3, -0.25) is 14.6 Å². The Kier molecular flexibility index (Phi) is 6.74. The first-order chi connectivity index (χ1) is 22.1. The molecular formula is C34H42N2O10. The third-order valence-corrected chi connectivity index (χ3v) is 13.3. The average Bonchev–Trinajstić information content (AvgIpc) is 3.62. The van der Waals surface area contributed by atoms with Crippen molar-refractivity contribution >= 4 is 29.7 Å². The summed E-state index contributed by atoms with van der Waals surface area (Å²) in [6.45, 7) is -0.0648. The van der Waals surface area contributed by atoms with Gasteiger partial charge in [-0.1, -0.05) is 12.1 Å². The van der Waals surface area contributed by atoms with E-state index in [0.717, 1.165) is 4.90 Å². The highest BCUT2D eigenvalue weighted by atomic mass is 16.5. The monoisotopic (exact) mass is 638 g/mol. The molecule has 2 aliphatic heterocycles. The number of carbonyl (C=O) groups is 3. The molecule has 5 aliphatic carbocycles. The van der Waals surface area contributed by atoms with E-state index in [0.29, 0.717) is 19.3 Å². The second-order valence-electron chi connectivity index (χ2n) is 14.5. The minimum absolute atomic E-state index is 0.0208. The second-order valence-corrected chi connectivity index (χ2v) is 14.5. The third kappa shape index (κ3) is 3.35. The standard InChI is InChI=1S/C34H42N2O10/c1-42-21-14-32(40)25-19(13-18(21)26(25)44-3)33-22(43-2)11-12-31(15-35-30(33)34(32,41)28(45-4)27(31)33)16-46-29(39)17-7-5-6-8-20(17)36-23(37)9-10-24(36)38/h5-8,15,18-19,21-22,25-28,30,40-41H,9-14,16H2,1-4H3/t18-,19-,21+,22+,25-,26+,27-,28+,30+,31+,32-,33+,34-/m1/s1. The Balaban J connectivity index is 1.21. The molecule has 1 saturated heterocycles. The normalized spacial score (nSPS) is 47.9. The minimum Gasteiger partial charge on any atom is -0.461 e. The molecule has 2 amide bonds. The largest absolute Gasteiger partial charge is 0.461 e. The lowest BCUT2D eigenvalue weighted by molar-refractivity contribution is -0.293. The maximum absolute atomic E-state index is 13.8. The van der Waals surface area contributed by atoms with Crippen molar-refractivity contribution in [1.29, 1.82) is 0 Å². The molecule has 0 aromatic heterocycles. The SMILES string of the molecule is CO[C@H]1[C@@H]2C[C@@H]3[C@H]1[C@](O)(C[C@@H]2OC)[C@@]1(O)[C@@H](OC)[C@@H]2[C@]4(COC(=O)c5ccccc5N5C(=O)CCC5=O)C=N[C@H]1[C@]32[C@@H](OC)CC4. The van der Waals surface area contributed by atoms with Gasteiger partial charge in [0.05, 0.1) is 41.7 Å². The van der Waals surface area contributed by atoms with E-state index in [9.17, 15) is 24.6 Å². The van der Waals surface area contributed by atoms with E-state index in [1.165, 1.54) is 0 Å². The van der Waals surface area contributed by atoms with Gasteiger partial charge in [0, 0.05) is 82.5 Å². The van der Waals surface area contributed by atoms with E-state index in [4.69, 9.17) is 28.7 Å². The minimum atomic E-state index is -1.79. The van der Waals surface area contributed by atoms with Gasteiger partial charge in [-0.2, -0.15) is 0 Å². The van der Waals surface area contributed by atoms with Crippen LogP contribution in [0.25, 0.3) is 0 Å². The molecule has 8 rings (SSSR count). The van der Waals surface area contributed by atoms with Gasteiger partial charge in [0.15, 0.2) is 0 Å². The number of anilines is 1. The first-order valence-electron chi connectivity index (χ1n) is 16.3. The summed E-state index contributed by atoms with van der Waals surface area (Å²) in [5.41, 5.74) is -4.64. The number of esters is 1. The number of methoxy groups -OCH3 is 4. The van der Waals surface area contributed by atoms with Gasteiger partial charge >= 0.3 is 5.97 Å². The van der Waals surface area contributed by atoms with Gasteiger partial charge in [-0.15, -0.1) is 0 Å². The molecule has 1 aromatic carbocycles. The Morgan fingerprint density at radius 3 is 2.43 bits per heavy atom. The average molecular weight is 639 g/mol. The molecule has 1 spiro atoms. The number of benzene rings is 1. The molecule has 248 valence electrons. The third-order valence-electron chi connectivity index (χ3n) is 13.3. The molecule has 6 fully saturated rings. The van der Waals surface area contributed by atoms with Crippen LogP contribution in [0.5, 0.6) is 0 Å². The molecule has 0 radical (unpaired) electrons. The number of fused-ring (bicyclic) bond motifs is 2. The van der Waals surface area contributed by atoms with Crippen LogP contribution >= 0.6 is 0 Å². The number of rotatable bonds is 8. The molecule has 2 heterocycles. The number of amides is 2. The van der Waals surface area contributed by atoms with Crippen LogP contribution in [0, 0.1) is 34.5 Å². The number of aliphatic hydroxyl groups is 2. The zero-order valence-corrected chi connectivity index (χ0v) is 26.6. The Labute approximate surface area is 267 Å². The van der Waals surface area contributed by atoms with Crippen molar-refractivity contribution in [2.45, 2.75) is 80.2 Å². The van der Waals surface area contributed by atoms with E-state index in [1.54, 1.807) is 52.7 Å². The first kappa shape index (κ1) is 30.6. The quantitative estimate of drug-likeness (QED) is 0.317. The van der Waals surface area contributed by atoms with Crippen LogP contribution in [0.4, 0.5) is 5.69 Å². The number of hydrogen-bond acceptors (Lipinski definition) is 11. The lowest BCUT2D eigenvalue weighted by Gasteiger charge is -2.65. The summed E-state index contributed by atoms with van der Waals surface area (Å²) < 4.78 is 30.7. The van der Waals surface area contributed by atoms with E-state index in [-0.39, 0.29) is 79.1 Å². The van der Waals surface area contributed by atoms with Crippen molar-refractivity contribution < 1.29 is 48.3 Å². The fourth-order valence-electron chi connectivity index (χ4n) is 11.9. The van der Waals surface area contributed by atoms with E-state index in [2.05, 4.69) is 0 Å². The predicted octanol–water partition coefficient (Wildman–Crippen LogP) is 1.54. The predicted molar refractivity (Wildman–Crippen MR) is 161 cm³/mol. The zero-order valence-electron chi connectivity index (χ0n) is 26.6. The van der Waals surface area contributed by atoms with E-state index in [1.807, 2.05) is 6.21 Å². The van der Waals surface area contributed by atoms with Crippen LogP contribution in [0.1, 0.15) is 48.9 Å². The van der Waals surface area contributed by atoms with Crippen molar-refractivity contribution in [1.82, 2.24) is 0 Å². The van der Waals surface area contributed by atoms with Crippen LogP contribution in [-0.4, -0.2) is 111 Å². The Morgan fingerprint density at radius 2 is 1.76 bits per heavy atom. The summed E-state index contributed by atoms with van der Waals surface area (Å²) in [5, 5.41) is 25.9. The van der Waals surface area contributed by atoms with Gasteiger partial charge in [0.1, 0.15) is 17.8 Å². The number of para-hydroxylation sites is 1. The summed E-state index contributed by atoms with van der Waals surface area (Å²) in [4.78, 5) is 45.1. The van der Waals surface area contributed by atoms with Gasteiger partial charge in [-0.05, 0) is 37.3 Å². The van der Waals surface area contributed by atoms with Crippen LogP contribution < -0.4 is 4.90 Å².